The molecule has 0 aromatic heterocycles. The van der Waals surface area contributed by atoms with Crippen molar-refractivity contribution in [2.24, 2.45) is 5.92 Å². The van der Waals surface area contributed by atoms with Gasteiger partial charge in [-0.15, -0.1) is 11.6 Å². The minimum atomic E-state index is 0.507. The van der Waals surface area contributed by atoms with Crippen molar-refractivity contribution in [3.63, 3.8) is 0 Å². The van der Waals surface area contributed by atoms with Gasteiger partial charge in [-0.3, -0.25) is 0 Å². The SMILES string of the molecule is COC1CCCC(SCC(C)CCl)C1. The molecule has 0 amide bonds. The second-order valence-corrected chi connectivity index (χ2v) is 5.88. The summed E-state index contributed by atoms with van der Waals surface area (Å²) in [7, 11) is 1.83. The first kappa shape index (κ1) is 12.7. The van der Waals surface area contributed by atoms with Crippen LogP contribution in [-0.2, 0) is 4.74 Å². The number of alkyl halides is 1. The van der Waals surface area contributed by atoms with Gasteiger partial charge in [-0.1, -0.05) is 6.92 Å². The molecule has 1 aliphatic rings. The second kappa shape index (κ2) is 6.97. The lowest BCUT2D eigenvalue weighted by atomic mass is 9.97. The van der Waals surface area contributed by atoms with Gasteiger partial charge in [0.1, 0.15) is 0 Å². The van der Waals surface area contributed by atoms with Crippen molar-refractivity contribution in [1.29, 1.82) is 0 Å². The van der Waals surface area contributed by atoms with Gasteiger partial charge in [0.2, 0.25) is 0 Å². The molecular formula is C11H21ClOS. The molecule has 1 saturated carbocycles. The maximum atomic E-state index is 5.79. The van der Waals surface area contributed by atoms with E-state index >= 15 is 0 Å². The molecule has 3 atom stereocenters. The van der Waals surface area contributed by atoms with Crippen LogP contribution in [0.15, 0.2) is 0 Å². The molecule has 1 aliphatic carbocycles. The summed E-state index contributed by atoms with van der Waals surface area (Å²) in [5.74, 6) is 2.63. The van der Waals surface area contributed by atoms with Crippen molar-refractivity contribution in [2.75, 3.05) is 18.7 Å². The second-order valence-electron chi connectivity index (χ2n) is 4.24. The summed E-state index contributed by atoms with van der Waals surface area (Å²) in [5.41, 5.74) is 0. The van der Waals surface area contributed by atoms with Crippen LogP contribution in [0.5, 0.6) is 0 Å². The fraction of sp³-hybridized carbons (Fsp3) is 1.00. The van der Waals surface area contributed by atoms with Crippen molar-refractivity contribution in [3.05, 3.63) is 0 Å². The van der Waals surface area contributed by atoms with Crippen molar-refractivity contribution in [2.45, 2.75) is 44.0 Å². The van der Waals surface area contributed by atoms with E-state index in [2.05, 4.69) is 18.7 Å². The quantitative estimate of drug-likeness (QED) is 0.676. The topological polar surface area (TPSA) is 9.23 Å². The van der Waals surface area contributed by atoms with Crippen LogP contribution in [0.1, 0.15) is 32.6 Å². The standard InChI is InChI=1S/C11H21ClOS/c1-9(7-12)8-14-11-5-3-4-10(6-11)13-2/h9-11H,3-8H2,1-2H3. The largest absolute Gasteiger partial charge is 0.381 e. The van der Waals surface area contributed by atoms with Crippen LogP contribution >= 0.6 is 23.4 Å². The minimum absolute atomic E-state index is 0.507. The van der Waals surface area contributed by atoms with E-state index in [4.69, 9.17) is 16.3 Å². The fourth-order valence-corrected chi connectivity index (χ4v) is 3.45. The predicted molar refractivity (Wildman–Crippen MR) is 65.4 cm³/mol. The lowest BCUT2D eigenvalue weighted by molar-refractivity contribution is 0.0730. The van der Waals surface area contributed by atoms with Crippen LogP contribution in [0, 0.1) is 5.92 Å². The minimum Gasteiger partial charge on any atom is -0.381 e. The van der Waals surface area contributed by atoms with Gasteiger partial charge in [0.25, 0.3) is 0 Å². The number of ether oxygens (including phenoxy) is 1. The number of thioether (sulfide) groups is 1. The van der Waals surface area contributed by atoms with Crippen LogP contribution in [0.4, 0.5) is 0 Å². The maximum absolute atomic E-state index is 5.79. The Labute approximate surface area is 96.9 Å². The summed E-state index contributed by atoms with van der Waals surface area (Å²) in [6.45, 7) is 2.22. The number of hydrogen-bond acceptors (Lipinski definition) is 2. The molecule has 14 heavy (non-hydrogen) atoms. The van der Waals surface area contributed by atoms with Crippen molar-refractivity contribution < 1.29 is 4.74 Å². The third-order valence-electron chi connectivity index (χ3n) is 2.79. The maximum Gasteiger partial charge on any atom is 0.0581 e. The highest BCUT2D eigenvalue weighted by atomic mass is 35.5. The van der Waals surface area contributed by atoms with E-state index in [9.17, 15) is 0 Å². The summed E-state index contributed by atoms with van der Waals surface area (Å²) in [6.07, 6.45) is 5.67. The first-order valence-corrected chi connectivity index (χ1v) is 7.05. The molecule has 84 valence electrons. The zero-order valence-electron chi connectivity index (χ0n) is 9.17. The molecule has 0 bridgehead atoms. The molecular weight excluding hydrogens is 216 g/mol. The van der Waals surface area contributed by atoms with E-state index < -0.39 is 0 Å². The van der Waals surface area contributed by atoms with E-state index in [1.54, 1.807) is 0 Å². The van der Waals surface area contributed by atoms with E-state index in [0.29, 0.717) is 12.0 Å². The number of methoxy groups -OCH3 is 1. The first-order valence-electron chi connectivity index (χ1n) is 5.46. The molecule has 0 spiro atoms. The number of halogens is 1. The number of hydrogen-bond donors (Lipinski definition) is 0. The van der Waals surface area contributed by atoms with Crippen molar-refractivity contribution in [3.8, 4) is 0 Å². The Bertz CT molecular complexity index is 154. The smallest absolute Gasteiger partial charge is 0.0581 e. The Morgan fingerprint density at radius 3 is 2.93 bits per heavy atom. The summed E-state index contributed by atoms with van der Waals surface area (Å²) in [5, 5.41) is 0.805. The Kier molecular flexibility index (Phi) is 6.31. The first-order chi connectivity index (χ1) is 6.76. The molecule has 0 aliphatic heterocycles. The molecule has 0 aromatic carbocycles. The molecule has 3 unspecified atom stereocenters. The van der Waals surface area contributed by atoms with Gasteiger partial charge in [-0.05, 0) is 37.4 Å². The molecule has 1 fully saturated rings. The van der Waals surface area contributed by atoms with E-state index in [-0.39, 0.29) is 0 Å². The van der Waals surface area contributed by atoms with Gasteiger partial charge in [-0.2, -0.15) is 11.8 Å². The zero-order valence-corrected chi connectivity index (χ0v) is 10.7. The van der Waals surface area contributed by atoms with Crippen molar-refractivity contribution >= 4 is 23.4 Å². The molecule has 0 radical (unpaired) electrons. The molecule has 1 rings (SSSR count). The Hall–Kier alpha value is 0.600. The fourth-order valence-electron chi connectivity index (χ4n) is 1.81. The molecule has 0 N–H and O–H groups in total. The highest BCUT2D eigenvalue weighted by Crippen LogP contribution is 2.30. The summed E-state index contributed by atoms with van der Waals surface area (Å²) >= 11 is 7.87. The van der Waals surface area contributed by atoms with Gasteiger partial charge in [0, 0.05) is 18.2 Å². The molecule has 0 aromatic rings. The normalized spacial score (nSPS) is 30.2. The van der Waals surface area contributed by atoms with Crippen LogP contribution < -0.4 is 0 Å². The van der Waals surface area contributed by atoms with Crippen LogP contribution in [-0.4, -0.2) is 30.1 Å². The van der Waals surface area contributed by atoms with Crippen LogP contribution in [0.3, 0.4) is 0 Å². The average molecular weight is 237 g/mol. The number of rotatable bonds is 5. The van der Waals surface area contributed by atoms with Crippen molar-refractivity contribution in [1.82, 2.24) is 0 Å². The highest BCUT2D eigenvalue weighted by molar-refractivity contribution is 7.99. The highest BCUT2D eigenvalue weighted by Gasteiger charge is 2.22. The molecule has 3 heteroatoms. The Morgan fingerprint density at radius 1 is 1.50 bits per heavy atom. The van der Waals surface area contributed by atoms with E-state index in [1.165, 1.54) is 31.4 Å². The summed E-state index contributed by atoms with van der Waals surface area (Å²) in [6, 6.07) is 0. The Balaban J connectivity index is 2.17. The predicted octanol–water partition coefficient (Wildman–Crippen LogP) is 3.55. The summed E-state index contributed by atoms with van der Waals surface area (Å²) < 4.78 is 5.42. The lowest BCUT2D eigenvalue weighted by Crippen LogP contribution is -2.24. The van der Waals surface area contributed by atoms with E-state index in [1.807, 2.05) is 7.11 Å². The third kappa shape index (κ3) is 4.41. The van der Waals surface area contributed by atoms with Gasteiger partial charge in [0.15, 0.2) is 0 Å². The lowest BCUT2D eigenvalue weighted by Gasteiger charge is -2.28. The average Bonchev–Trinajstić information content (AvgIpc) is 2.26. The Morgan fingerprint density at radius 2 is 2.29 bits per heavy atom. The van der Waals surface area contributed by atoms with Gasteiger partial charge in [-0.25, -0.2) is 0 Å². The monoisotopic (exact) mass is 236 g/mol. The van der Waals surface area contributed by atoms with E-state index in [0.717, 1.165) is 11.1 Å². The molecule has 0 saturated heterocycles. The van der Waals surface area contributed by atoms with Gasteiger partial charge < -0.3 is 4.74 Å². The van der Waals surface area contributed by atoms with Gasteiger partial charge >= 0.3 is 0 Å². The molecule has 1 nitrogen and oxygen atoms in total. The zero-order chi connectivity index (χ0) is 10.4. The van der Waals surface area contributed by atoms with Crippen LogP contribution in [0.25, 0.3) is 0 Å². The third-order valence-corrected chi connectivity index (χ3v) is 4.98. The van der Waals surface area contributed by atoms with Gasteiger partial charge in [0.05, 0.1) is 6.10 Å². The molecule has 0 heterocycles. The van der Waals surface area contributed by atoms with Crippen LogP contribution in [0.2, 0.25) is 0 Å². The summed E-state index contributed by atoms with van der Waals surface area (Å²) in [4.78, 5) is 0.